The van der Waals surface area contributed by atoms with E-state index in [0.29, 0.717) is 31.9 Å². The Morgan fingerprint density at radius 2 is 1.14 bits per heavy atom. The summed E-state index contributed by atoms with van der Waals surface area (Å²) in [6.07, 6.45) is 0. The first-order chi connectivity index (χ1) is 13.6. The first-order valence-corrected chi connectivity index (χ1v) is 21.3. The van der Waals surface area contributed by atoms with Crippen LogP contribution >= 0.6 is 0 Å². The highest BCUT2D eigenvalue weighted by Crippen LogP contribution is 2.34. The number of hydrogen-bond acceptors (Lipinski definition) is 8. The SMILES string of the molecule is CCO[SiH]1O[Si](C)(CC)O[Si](C)(CC)O[Si](CC)(OCC)O[Si](CC)(OCC)O1. The van der Waals surface area contributed by atoms with Gasteiger partial charge in [-0.25, -0.2) is 0 Å². The molecule has 0 radical (unpaired) electrons. The van der Waals surface area contributed by atoms with Crippen molar-refractivity contribution >= 4 is 44.3 Å². The maximum atomic E-state index is 6.75. The van der Waals surface area contributed by atoms with Gasteiger partial charge in [-0.15, -0.1) is 0 Å². The fourth-order valence-corrected chi connectivity index (χ4v) is 24.9. The molecule has 0 spiro atoms. The van der Waals surface area contributed by atoms with Gasteiger partial charge < -0.3 is 33.9 Å². The highest BCUT2D eigenvalue weighted by molar-refractivity contribution is 6.89. The van der Waals surface area contributed by atoms with E-state index in [9.17, 15) is 0 Å². The molecule has 29 heavy (non-hydrogen) atoms. The van der Waals surface area contributed by atoms with Crippen molar-refractivity contribution in [1.29, 1.82) is 0 Å². The van der Waals surface area contributed by atoms with Gasteiger partial charge in [0.1, 0.15) is 0 Å². The average Bonchev–Trinajstić information content (AvgIpc) is 2.67. The molecule has 8 nitrogen and oxygen atoms in total. The largest absolute Gasteiger partial charge is 0.485 e. The van der Waals surface area contributed by atoms with Gasteiger partial charge in [0.25, 0.3) is 0 Å². The zero-order valence-electron chi connectivity index (χ0n) is 19.8. The summed E-state index contributed by atoms with van der Waals surface area (Å²) >= 11 is 0. The second kappa shape index (κ2) is 12.1. The molecule has 13 heteroatoms. The van der Waals surface area contributed by atoms with Gasteiger partial charge in [-0.05, 0) is 46.0 Å². The maximum absolute atomic E-state index is 6.75. The van der Waals surface area contributed by atoms with E-state index in [2.05, 4.69) is 26.9 Å². The minimum absolute atomic E-state index is 0.481. The van der Waals surface area contributed by atoms with Gasteiger partial charge in [-0.2, -0.15) is 0 Å². The zero-order chi connectivity index (χ0) is 22.2. The van der Waals surface area contributed by atoms with Gasteiger partial charge in [-0.3, -0.25) is 0 Å². The van der Waals surface area contributed by atoms with E-state index in [1.165, 1.54) is 0 Å². The summed E-state index contributed by atoms with van der Waals surface area (Å²) in [5.74, 6) is 0. The highest BCUT2D eigenvalue weighted by Gasteiger charge is 2.59. The van der Waals surface area contributed by atoms with E-state index in [1.54, 1.807) is 0 Å². The van der Waals surface area contributed by atoms with Gasteiger partial charge in [0.15, 0.2) is 0 Å². The Morgan fingerprint density at radius 3 is 1.59 bits per heavy atom. The lowest BCUT2D eigenvalue weighted by Crippen LogP contribution is -2.67. The van der Waals surface area contributed by atoms with Gasteiger partial charge in [0.05, 0.1) is 0 Å². The number of rotatable bonds is 10. The molecule has 1 aliphatic rings. The molecular weight excluding hydrogens is 461 g/mol. The summed E-state index contributed by atoms with van der Waals surface area (Å²) in [5, 5.41) is 0. The van der Waals surface area contributed by atoms with Crippen molar-refractivity contribution in [1.82, 2.24) is 0 Å². The van der Waals surface area contributed by atoms with E-state index < -0.39 is 44.3 Å². The Hall–Kier alpha value is 0.764. The first kappa shape index (κ1) is 27.8. The van der Waals surface area contributed by atoms with Gasteiger partial charge >= 0.3 is 44.3 Å². The molecule has 5 atom stereocenters. The van der Waals surface area contributed by atoms with E-state index in [-0.39, 0.29) is 0 Å². The van der Waals surface area contributed by atoms with E-state index in [1.807, 2.05) is 34.6 Å². The van der Waals surface area contributed by atoms with Gasteiger partial charge in [0.2, 0.25) is 0 Å². The zero-order valence-corrected chi connectivity index (χ0v) is 24.9. The van der Waals surface area contributed by atoms with Crippen molar-refractivity contribution in [3.05, 3.63) is 0 Å². The van der Waals surface area contributed by atoms with Crippen LogP contribution in [-0.2, 0) is 33.9 Å². The van der Waals surface area contributed by atoms with Crippen molar-refractivity contribution in [3.63, 3.8) is 0 Å². The minimum Gasteiger partial charge on any atom is -0.416 e. The molecule has 0 bridgehead atoms. The van der Waals surface area contributed by atoms with Crippen LogP contribution in [0.4, 0.5) is 0 Å². The Balaban J connectivity index is 3.55. The Labute approximate surface area is 183 Å². The molecule has 1 rings (SSSR count). The molecule has 0 aromatic rings. The summed E-state index contributed by atoms with van der Waals surface area (Å²) in [7, 11) is -14.0. The molecule has 1 heterocycles. The predicted molar refractivity (Wildman–Crippen MR) is 124 cm³/mol. The molecule has 1 aliphatic heterocycles. The molecule has 1 fully saturated rings. The van der Waals surface area contributed by atoms with Crippen LogP contribution in [0.25, 0.3) is 0 Å². The third-order valence-electron chi connectivity index (χ3n) is 4.92. The molecule has 0 amide bonds. The summed E-state index contributed by atoms with van der Waals surface area (Å²) < 4.78 is 51.4. The monoisotopic (exact) mass is 502 g/mol. The summed E-state index contributed by atoms with van der Waals surface area (Å²) in [6, 6.07) is 2.79. The fourth-order valence-electron chi connectivity index (χ4n) is 3.06. The summed E-state index contributed by atoms with van der Waals surface area (Å²) in [4.78, 5) is 0. The molecule has 174 valence electrons. The lowest BCUT2D eigenvalue weighted by molar-refractivity contribution is 0.0692. The van der Waals surface area contributed by atoms with Crippen LogP contribution in [0.15, 0.2) is 0 Å². The molecule has 0 aromatic carbocycles. The fraction of sp³-hybridized carbons (Fsp3) is 1.00. The first-order valence-electron chi connectivity index (χ1n) is 11.0. The average molecular weight is 503 g/mol. The second-order valence-electron chi connectivity index (χ2n) is 7.20. The van der Waals surface area contributed by atoms with Gasteiger partial charge in [0, 0.05) is 31.9 Å². The quantitative estimate of drug-likeness (QED) is 0.415. The lowest BCUT2D eigenvalue weighted by Gasteiger charge is -2.46. The van der Waals surface area contributed by atoms with E-state index >= 15 is 0 Å². The van der Waals surface area contributed by atoms with Crippen molar-refractivity contribution < 1.29 is 33.9 Å². The third-order valence-corrected chi connectivity index (χ3v) is 25.2. The van der Waals surface area contributed by atoms with Crippen molar-refractivity contribution in [2.75, 3.05) is 19.8 Å². The van der Waals surface area contributed by atoms with E-state index in [4.69, 9.17) is 33.9 Å². The van der Waals surface area contributed by atoms with E-state index in [0.717, 1.165) is 12.1 Å². The smallest absolute Gasteiger partial charge is 0.416 e. The predicted octanol–water partition coefficient (Wildman–Crippen LogP) is 4.01. The lowest BCUT2D eigenvalue weighted by atomic mass is 10.9. The molecule has 1 saturated heterocycles. The molecule has 0 aromatic heterocycles. The van der Waals surface area contributed by atoms with Crippen molar-refractivity contribution in [2.45, 2.75) is 85.7 Å². The molecule has 0 N–H and O–H groups in total. The van der Waals surface area contributed by atoms with Crippen LogP contribution in [0.2, 0.25) is 37.3 Å². The number of hydrogen-bond donors (Lipinski definition) is 0. The molecule has 5 unspecified atom stereocenters. The Bertz CT molecular complexity index is 494. The Morgan fingerprint density at radius 1 is 0.586 bits per heavy atom. The van der Waals surface area contributed by atoms with Crippen LogP contribution in [0.1, 0.15) is 48.5 Å². The Kier molecular flexibility index (Phi) is 11.6. The normalized spacial score (nSPS) is 39.4. The molecular formula is C16H42O8Si5. The van der Waals surface area contributed by atoms with Crippen LogP contribution < -0.4 is 0 Å². The second-order valence-corrected chi connectivity index (χ2v) is 23.1. The minimum atomic E-state index is -3.13. The topological polar surface area (TPSA) is 73.8 Å². The molecule has 0 saturated carbocycles. The summed E-state index contributed by atoms with van der Waals surface area (Å²) in [6.45, 7) is 19.8. The van der Waals surface area contributed by atoms with Gasteiger partial charge in [-0.1, -0.05) is 27.7 Å². The van der Waals surface area contributed by atoms with Crippen LogP contribution in [0.5, 0.6) is 0 Å². The standard InChI is InChI=1S/C16H42O8Si5/c1-10-17-25-20-26(8,13-4)22-27(9,14-5)23-29(16-7,19-12-3)24-28(15-6,21-25)18-11-2/h25H,10-16H2,1-9H3. The molecule has 0 aliphatic carbocycles. The van der Waals surface area contributed by atoms with Crippen LogP contribution in [-0.4, -0.2) is 64.1 Å². The summed E-state index contributed by atoms with van der Waals surface area (Å²) in [5.41, 5.74) is 0. The van der Waals surface area contributed by atoms with Crippen molar-refractivity contribution in [3.8, 4) is 0 Å². The van der Waals surface area contributed by atoms with Crippen LogP contribution in [0.3, 0.4) is 0 Å². The maximum Gasteiger partial charge on any atom is 0.485 e. The van der Waals surface area contributed by atoms with Crippen LogP contribution in [0, 0.1) is 0 Å². The third kappa shape index (κ3) is 7.69. The van der Waals surface area contributed by atoms with Crippen molar-refractivity contribution in [2.24, 2.45) is 0 Å². The highest BCUT2D eigenvalue weighted by atomic mass is 28.5.